The predicted octanol–water partition coefficient (Wildman–Crippen LogP) is 5.54. The summed E-state index contributed by atoms with van der Waals surface area (Å²) in [6.07, 6.45) is 10.5. The third kappa shape index (κ3) is 5.78. The topological polar surface area (TPSA) is 37.2 Å². The zero-order valence-electron chi connectivity index (χ0n) is 22.1. The second kappa shape index (κ2) is 11.2. The van der Waals surface area contributed by atoms with Gasteiger partial charge in [0.15, 0.2) is 5.65 Å². The van der Waals surface area contributed by atoms with Crippen molar-refractivity contribution in [1.82, 2.24) is 24.3 Å². The van der Waals surface area contributed by atoms with Crippen molar-refractivity contribution in [2.45, 2.75) is 84.7 Å². The maximum atomic E-state index is 4.89. The highest BCUT2D eigenvalue weighted by atomic mass is 15.3. The van der Waals surface area contributed by atoms with E-state index in [9.17, 15) is 0 Å². The third-order valence-electron chi connectivity index (χ3n) is 8.22. The summed E-state index contributed by atoms with van der Waals surface area (Å²) in [4.78, 5) is 15.2. The van der Waals surface area contributed by atoms with E-state index in [1.165, 1.54) is 87.9 Å². The molecule has 2 aromatic heterocycles. The minimum absolute atomic E-state index is 0.834. The highest BCUT2D eigenvalue weighted by molar-refractivity contribution is 5.76. The van der Waals surface area contributed by atoms with Gasteiger partial charge < -0.3 is 9.47 Å². The molecule has 0 amide bonds. The van der Waals surface area contributed by atoms with Crippen molar-refractivity contribution in [1.29, 1.82) is 0 Å². The molecule has 188 valence electrons. The normalized spacial score (nSPS) is 18.5. The van der Waals surface area contributed by atoms with E-state index in [-0.39, 0.29) is 0 Å². The van der Waals surface area contributed by atoms with Crippen LogP contribution in [-0.4, -0.2) is 63.1 Å². The SMILES string of the molecule is CCc1nc2c(C)cc(C)nc2n1Cc1ccc(CCCN2CCN(C3CCCCC3)CC2)cc1. The number of aryl methyl sites for hydroxylation is 4. The Labute approximate surface area is 211 Å². The summed E-state index contributed by atoms with van der Waals surface area (Å²) in [6, 6.07) is 12.3. The van der Waals surface area contributed by atoms with Gasteiger partial charge in [-0.15, -0.1) is 0 Å². The van der Waals surface area contributed by atoms with Crippen LogP contribution in [0, 0.1) is 13.8 Å². The van der Waals surface area contributed by atoms with E-state index in [4.69, 9.17) is 9.97 Å². The molecule has 3 aromatic rings. The summed E-state index contributed by atoms with van der Waals surface area (Å²) in [5, 5.41) is 0. The van der Waals surface area contributed by atoms with Crippen LogP contribution in [0.4, 0.5) is 0 Å². The van der Waals surface area contributed by atoms with Gasteiger partial charge in [0.1, 0.15) is 11.3 Å². The van der Waals surface area contributed by atoms with E-state index in [2.05, 4.69) is 65.5 Å². The molecule has 1 aliphatic heterocycles. The number of aromatic nitrogens is 3. The fraction of sp³-hybridized carbons (Fsp3) is 0.600. The van der Waals surface area contributed by atoms with Crippen LogP contribution in [0.25, 0.3) is 11.2 Å². The standard InChI is InChI=1S/C30H43N5/c1-4-28-32-29-23(2)21-24(3)31-30(29)35(28)22-26-14-12-25(13-15-26)9-8-16-33-17-19-34(20-18-33)27-10-6-5-7-11-27/h12-15,21,27H,4-11,16-20,22H2,1-3H3. The van der Waals surface area contributed by atoms with Crippen LogP contribution in [0.2, 0.25) is 0 Å². The zero-order valence-corrected chi connectivity index (χ0v) is 22.1. The number of benzene rings is 1. The van der Waals surface area contributed by atoms with E-state index in [1.54, 1.807) is 0 Å². The van der Waals surface area contributed by atoms with Crippen molar-refractivity contribution in [3.8, 4) is 0 Å². The molecule has 1 aliphatic carbocycles. The molecule has 5 heteroatoms. The zero-order chi connectivity index (χ0) is 24.2. The lowest BCUT2D eigenvalue weighted by atomic mass is 9.94. The Hall–Kier alpha value is -2.24. The second-order valence-corrected chi connectivity index (χ2v) is 10.8. The number of hydrogen-bond donors (Lipinski definition) is 0. The van der Waals surface area contributed by atoms with Crippen LogP contribution < -0.4 is 0 Å². The molecule has 1 saturated heterocycles. The lowest BCUT2D eigenvalue weighted by molar-refractivity contribution is 0.0785. The molecular weight excluding hydrogens is 430 g/mol. The molecule has 1 saturated carbocycles. The molecule has 1 aromatic carbocycles. The van der Waals surface area contributed by atoms with Gasteiger partial charge in [0, 0.05) is 44.3 Å². The van der Waals surface area contributed by atoms with E-state index in [0.29, 0.717) is 0 Å². The maximum absolute atomic E-state index is 4.89. The van der Waals surface area contributed by atoms with Gasteiger partial charge in [0.05, 0.1) is 6.54 Å². The molecule has 0 bridgehead atoms. The molecule has 35 heavy (non-hydrogen) atoms. The number of fused-ring (bicyclic) bond motifs is 1. The summed E-state index contributed by atoms with van der Waals surface area (Å²) in [6.45, 7) is 13.5. The molecule has 2 fully saturated rings. The summed E-state index contributed by atoms with van der Waals surface area (Å²) in [5.41, 5.74) is 7.11. The fourth-order valence-electron chi connectivity index (χ4n) is 6.18. The Morgan fingerprint density at radius 3 is 2.31 bits per heavy atom. The van der Waals surface area contributed by atoms with Crippen LogP contribution in [0.15, 0.2) is 30.3 Å². The summed E-state index contributed by atoms with van der Waals surface area (Å²) >= 11 is 0. The number of pyridine rings is 1. The Morgan fingerprint density at radius 2 is 1.60 bits per heavy atom. The van der Waals surface area contributed by atoms with Crippen molar-refractivity contribution in [2.24, 2.45) is 0 Å². The lowest BCUT2D eigenvalue weighted by Crippen LogP contribution is -2.50. The van der Waals surface area contributed by atoms with Crippen molar-refractivity contribution >= 4 is 11.2 Å². The van der Waals surface area contributed by atoms with E-state index in [1.807, 2.05) is 0 Å². The van der Waals surface area contributed by atoms with Crippen LogP contribution in [0.5, 0.6) is 0 Å². The number of piperazine rings is 1. The summed E-state index contributed by atoms with van der Waals surface area (Å²) in [7, 11) is 0. The quantitative estimate of drug-likeness (QED) is 0.430. The number of imidazole rings is 1. The number of hydrogen-bond acceptors (Lipinski definition) is 4. The molecule has 5 rings (SSSR count). The van der Waals surface area contributed by atoms with Crippen LogP contribution >= 0.6 is 0 Å². The maximum Gasteiger partial charge on any atom is 0.160 e. The average molecular weight is 474 g/mol. The van der Waals surface area contributed by atoms with Gasteiger partial charge in [-0.05, 0) is 68.8 Å². The Morgan fingerprint density at radius 1 is 0.886 bits per heavy atom. The molecule has 0 spiro atoms. The van der Waals surface area contributed by atoms with Gasteiger partial charge in [0.25, 0.3) is 0 Å². The first-order chi connectivity index (χ1) is 17.1. The van der Waals surface area contributed by atoms with Crippen LogP contribution in [0.3, 0.4) is 0 Å². The third-order valence-corrected chi connectivity index (χ3v) is 8.22. The van der Waals surface area contributed by atoms with Gasteiger partial charge >= 0.3 is 0 Å². The fourth-order valence-corrected chi connectivity index (χ4v) is 6.18. The smallest absolute Gasteiger partial charge is 0.160 e. The molecule has 3 heterocycles. The van der Waals surface area contributed by atoms with E-state index >= 15 is 0 Å². The van der Waals surface area contributed by atoms with Gasteiger partial charge in [0.2, 0.25) is 0 Å². The van der Waals surface area contributed by atoms with Gasteiger partial charge in [-0.3, -0.25) is 4.90 Å². The van der Waals surface area contributed by atoms with Crippen LogP contribution in [0.1, 0.15) is 73.7 Å². The van der Waals surface area contributed by atoms with Crippen molar-refractivity contribution in [3.63, 3.8) is 0 Å². The first-order valence-electron chi connectivity index (χ1n) is 14.0. The predicted molar refractivity (Wildman–Crippen MR) is 145 cm³/mol. The first kappa shape index (κ1) is 24.5. The van der Waals surface area contributed by atoms with Gasteiger partial charge in [-0.1, -0.05) is 50.5 Å². The largest absolute Gasteiger partial charge is 0.308 e. The monoisotopic (exact) mass is 473 g/mol. The molecular formula is C30H43N5. The molecule has 0 radical (unpaired) electrons. The minimum Gasteiger partial charge on any atom is -0.308 e. The summed E-state index contributed by atoms with van der Waals surface area (Å²) < 4.78 is 2.30. The molecule has 2 aliphatic rings. The van der Waals surface area contributed by atoms with E-state index in [0.717, 1.165) is 48.1 Å². The Bertz CT molecular complexity index is 1100. The number of nitrogens with zero attached hydrogens (tertiary/aromatic N) is 5. The summed E-state index contributed by atoms with van der Waals surface area (Å²) in [5.74, 6) is 1.12. The average Bonchev–Trinajstić information content (AvgIpc) is 3.23. The highest BCUT2D eigenvalue weighted by Crippen LogP contribution is 2.24. The Balaban J connectivity index is 1.12. The highest BCUT2D eigenvalue weighted by Gasteiger charge is 2.24. The second-order valence-electron chi connectivity index (χ2n) is 10.8. The first-order valence-corrected chi connectivity index (χ1v) is 14.0. The van der Waals surface area contributed by atoms with E-state index < -0.39 is 0 Å². The Kier molecular flexibility index (Phi) is 7.84. The molecule has 5 nitrogen and oxygen atoms in total. The molecule has 0 unspecified atom stereocenters. The minimum atomic E-state index is 0.834. The molecule has 0 atom stereocenters. The number of rotatable bonds is 8. The molecule has 0 N–H and O–H groups in total. The lowest BCUT2D eigenvalue weighted by Gasteiger charge is -2.40. The van der Waals surface area contributed by atoms with Crippen molar-refractivity contribution in [2.75, 3.05) is 32.7 Å². The van der Waals surface area contributed by atoms with Crippen molar-refractivity contribution in [3.05, 3.63) is 58.5 Å². The van der Waals surface area contributed by atoms with Gasteiger partial charge in [-0.2, -0.15) is 0 Å². The van der Waals surface area contributed by atoms with Crippen LogP contribution in [-0.2, 0) is 19.4 Å². The van der Waals surface area contributed by atoms with Crippen molar-refractivity contribution < 1.29 is 0 Å². The van der Waals surface area contributed by atoms with Gasteiger partial charge in [-0.25, -0.2) is 9.97 Å².